The van der Waals surface area contributed by atoms with E-state index < -0.39 is 47.7 Å². The predicted octanol–water partition coefficient (Wildman–Crippen LogP) is 1.62. The molecule has 1 N–H and O–H groups in total. The quantitative estimate of drug-likeness (QED) is 0.209. The van der Waals surface area contributed by atoms with Gasteiger partial charge in [0, 0.05) is 13.3 Å². The Kier molecular flexibility index (Phi) is 9.95. The van der Waals surface area contributed by atoms with Gasteiger partial charge in [-0.1, -0.05) is 0 Å². The van der Waals surface area contributed by atoms with E-state index in [1.54, 1.807) is 34.6 Å². The first-order chi connectivity index (χ1) is 12.4. The van der Waals surface area contributed by atoms with Crippen LogP contribution in [0.25, 0.3) is 5.53 Å². The molecule has 27 heavy (non-hydrogen) atoms. The number of amides is 1. The zero-order chi connectivity index (χ0) is 21.2. The van der Waals surface area contributed by atoms with Gasteiger partial charge in [0.2, 0.25) is 12.1 Å². The van der Waals surface area contributed by atoms with Gasteiger partial charge in [0.25, 0.3) is 0 Å². The van der Waals surface area contributed by atoms with Crippen LogP contribution in [0.5, 0.6) is 0 Å². The summed E-state index contributed by atoms with van der Waals surface area (Å²) < 4.78 is 14.9. The van der Waals surface area contributed by atoms with E-state index in [1.165, 1.54) is 6.92 Å². The average Bonchev–Trinajstić information content (AvgIpc) is 2.49. The summed E-state index contributed by atoms with van der Waals surface area (Å²) in [4.78, 5) is 49.8. The predicted molar refractivity (Wildman–Crippen MR) is 93.6 cm³/mol. The number of ketones is 1. The van der Waals surface area contributed by atoms with Crippen molar-refractivity contribution in [3.63, 3.8) is 0 Å². The summed E-state index contributed by atoms with van der Waals surface area (Å²) in [5.41, 5.74) is 7.56. The summed E-state index contributed by atoms with van der Waals surface area (Å²) in [6.07, 6.45) is -2.20. The summed E-state index contributed by atoms with van der Waals surface area (Å²) in [5, 5.41) is 2.28. The zero-order valence-electron chi connectivity index (χ0n) is 16.5. The molecule has 1 amide bonds. The Balaban J connectivity index is 4.85. The maximum absolute atomic E-state index is 12.1. The van der Waals surface area contributed by atoms with E-state index in [0.29, 0.717) is 6.21 Å². The van der Waals surface area contributed by atoms with Gasteiger partial charge in [0.1, 0.15) is 6.04 Å². The van der Waals surface area contributed by atoms with Crippen LogP contribution in [0.15, 0.2) is 0 Å². The van der Waals surface area contributed by atoms with Gasteiger partial charge in [0.05, 0.1) is 11.5 Å². The van der Waals surface area contributed by atoms with Crippen molar-refractivity contribution >= 4 is 30.0 Å². The third-order valence-corrected chi connectivity index (χ3v) is 2.97. The fourth-order valence-corrected chi connectivity index (χ4v) is 1.66. The first kappa shape index (κ1) is 24.3. The smallest absolute Gasteiger partial charge is 0.410 e. The van der Waals surface area contributed by atoms with Crippen LogP contribution < -0.4 is 5.32 Å². The number of esters is 2. The molecule has 0 saturated heterocycles. The van der Waals surface area contributed by atoms with Crippen molar-refractivity contribution in [2.24, 2.45) is 5.41 Å². The first-order valence-electron chi connectivity index (χ1n) is 8.45. The first-order valence-corrected chi connectivity index (χ1v) is 8.45. The zero-order valence-corrected chi connectivity index (χ0v) is 16.5. The SMILES string of the molecule is CC(C)OC(=O)[C@H](CCC(=O)C=[N+]=[N-])NC(=O)O[C@@H](C)OC(=O)C(C)(C)C. The van der Waals surface area contributed by atoms with Crippen LogP contribution in [0.2, 0.25) is 0 Å². The van der Waals surface area contributed by atoms with E-state index in [0.717, 1.165) is 0 Å². The minimum absolute atomic E-state index is 0.0956. The van der Waals surface area contributed by atoms with Gasteiger partial charge in [-0.15, -0.1) is 0 Å². The highest BCUT2D eigenvalue weighted by Crippen LogP contribution is 2.16. The molecule has 0 aromatic rings. The molecule has 152 valence electrons. The van der Waals surface area contributed by atoms with Gasteiger partial charge < -0.3 is 25.1 Å². The monoisotopic (exact) mass is 385 g/mol. The number of alkyl carbamates (subject to hydrolysis) is 1. The van der Waals surface area contributed by atoms with Crippen LogP contribution in [0, 0.1) is 5.41 Å². The highest BCUT2D eigenvalue weighted by molar-refractivity contribution is 6.25. The van der Waals surface area contributed by atoms with Crippen LogP contribution in [-0.4, -0.2) is 53.3 Å². The minimum atomic E-state index is -1.18. The summed E-state index contributed by atoms with van der Waals surface area (Å²) in [6.45, 7) is 9.55. The molecule has 0 unspecified atom stereocenters. The number of carbonyl (C=O) groups is 4. The molecule has 0 heterocycles. The second-order valence-corrected chi connectivity index (χ2v) is 7.06. The second kappa shape index (κ2) is 11.1. The standard InChI is InChI=1S/C17H27N3O7/c1-10(2)25-14(22)13(8-7-12(21)9-19-18)20-16(24)27-11(3)26-15(23)17(4,5)6/h9-11,13H,7-8H2,1-6H3,(H,20,24)/t11-,13-/m0/s1. The molecule has 0 spiro atoms. The number of ether oxygens (including phenoxy) is 3. The van der Waals surface area contributed by atoms with Crippen molar-refractivity contribution in [1.82, 2.24) is 5.32 Å². The number of hydrogen-bond acceptors (Lipinski definition) is 7. The molecule has 10 nitrogen and oxygen atoms in total. The molecular weight excluding hydrogens is 358 g/mol. The number of hydrogen-bond donors (Lipinski definition) is 1. The lowest BCUT2D eigenvalue weighted by Crippen LogP contribution is -2.44. The Morgan fingerprint density at radius 1 is 1.07 bits per heavy atom. The molecule has 0 saturated carbocycles. The lowest BCUT2D eigenvalue weighted by Gasteiger charge is -2.22. The molecule has 2 atom stereocenters. The minimum Gasteiger partial charge on any atom is -0.461 e. The molecule has 0 radical (unpaired) electrons. The molecule has 0 aliphatic heterocycles. The molecule has 0 rings (SSSR count). The average molecular weight is 385 g/mol. The van der Waals surface area contributed by atoms with Gasteiger partial charge in [-0.3, -0.25) is 9.59 Å². The number of rotatable bonds is 9. The summed E-state index contributed by atoms with van der Waals surface area (Å²) in [5.74, 6) is -1.86. The maximum atomic E-state index is 12.1. The maximum Gasteiger partial charge on any atom is 0.410 e. The Labute approximate surface area is 158 Å². The summed E-state index contributed by atoms with van der Waals surface area (Å²) in [7, 11) is 0. The van der Waals surface area contributed by atoms with Crippen molar-refractivity contribution in [3.05, 3.63) is 5.53 Å². The molecule has 0 bridgehead atoms. The molecule has 10 heteroatoms. The lowest BCUT2D eigenvalue weighted by atomic mass is 9.97. The van der Waals surface area contributed by atoms with E-state index in [9.17, 15) is 19.2 Å². The molecule has 0 aromatic heterocycles. The van der Waals surface area contributed by atoms with Crippen LogP contribution in [0.4, 0.5) is 4.79 Å². The van der Waals surface area contributed by atoms with Gasteiger partial charge in [-0.25, -0.2) is 9.59 Å². The van der Waals surface area contributed by atoms with Gasteiger partial charge >= 0.3 is 24.2 Å². The largest absolute Gasteiger partial charge is 0.461 e. The van der Waals surface area contributed by atoms with E-state index in [-0.39, 0.29) is 12.8 Å². The fraction of sp³-hybridized carbons (Fsp3) is 0.706. The topological polar surface area (TPSA) is 144 Å². The van der Waals surface area contributed by atoms with Crippen molar-refractivity contribution in [1.29, 1.82) is 0 Å². The Hall–Kier alpha value is -2.74. The lowest BCUT2D eigenvalue weighted by molar-refractivity contribution is -0.174. The number of carbonyl (C=O) groups excluding carboxylic acids is 4. The van der Waals surface area contributed by atoms with Gasteiger partial charge in [-0.2, -0.15) is 4.79 Å². The highest BCUT2D eigenvalue weighted by atomic mass is 16.7. The van der Waals surface area contributed by atoms with Gasteiger partial charge in [0.15, 0.2) is 0 Å². The van der Waals surface area contributed by atoms with Crippen molar-refractivity contribution in [2.75, 3.05) is 0 Å². The van der Waals surface area contributed by atoms with Crippen LogP contribution in [0.1, 0.15) is 54.4 Å². The molecule has 0 aliphatic carbocycles. The highest BCUT2D eigenvalue weighted by Gasteiger charge is 2.28. The molecular formula is C17H27N3O7. The van der Waals surface area contributed by atoms with Crippen LogP contribution >= 0.6 is 0 Å². The second-order valence-electron chi connectivity index (χ2n) is 7.06. The molecule has 0 aromatic carbocycles. The van der Waals surface area contributed by atoms with Crippen molar-refractivity contribution in [3.8, 4) is 0 Å². The van der Waals surface area contributed by atoms with E-state index in [2.05, 4.69) is 10.1 Å². The van der Waals surface area contributed by atoms with Crippen molar-refractivity contribution in [2.45, 2.75) is 72.8 Å². The van der Waals surface area contributed by atoms with Crippen LogP contribution in [-0.2, 0) is 28.6 Å². The Bertz CT molecular complexity index is 604. The third kappa shape index (κ3) is 10.8. The van der Waals surface area contributed by atoms with E-state index in [4.69, 9.17) is 19.7 Å². The third-order valence-electron chi connectivity index (χ3n) is 2.97. The van der Waals surface area contributed by atoms with Crippen LogP contribution in [0.3, 0.4) is 0 Å². The van der Waals surface area contributed by atoms with Gasteiger partial charge in [-0.05, 0) is 41.0 Å². The van der Waals surface area contributed by atoms with E-state index in [1.807, 2.05) is 0 Å². The Morgan fingerprint density at radius 3 is 2.15 bits per heavy atom. The summed E-state index contributed by atoms with van der Waals surface area (Å²) in [6, 6.07) is -1.17. The van der Waals surface area contributed by atoms with E-state index >= 15 is 0 Å². The van der Waals surface area contributed by atoms with Crippen molar-refractivity contribution < 1.29 is 38.2 Å². The number of nitrogens with one attached hydrogen (secondary N) is 1. The molecule has 0 aliphatic rings. The normalized spacial score (nSPS) is 13.0. The summed E-state index contributed by atoms with van der Waals surface area (Å²) >= 11 is 0. The molecule has 0 fully saturated rings. The fourth-order valence-electron chi connectivity index (χ4n) is 1.66. The Morgan fingerprint density at radius 2 is 1.67 bits per heavy atom. The number of Topliss-reactive ketones (excluding diaryl/α,β-unsaturated/α-hetero) is 1. The number of nitrogens with zero attached hydrogens (tertiary/aromatic N) is 2.